The number of halogens is 1. The Morgan fingerprint density at radius 3 is 2.73 bits per heavy atom. The van der Waals surface area contributed by atoms with Crippen LogP contribution in [0.1, 0.15) is 0 Å². The Bertz CT molecular complexity index is 602. The third kappa shape index (κ3) is 4.61. The van der Waals surface area contributed by atoms with E-state index < -0.39 is 11.0 Å². The Labute approximate surface area is 133 Å². The van der Waals surface area contributed by atoms with Gasteiger partial charge in [0.05, 0.1) is 13.7 Å². The number of imidazole rings is 1. The van der Waals surface area contributed by atoms with Gasteiger partial charge in [-0.3, -0.25) is 0 Å². The second-order valence-electron chi connectivity index (χ2n) is 4.40. The first-order chi connectivity index (χ1) is 10.1. The Morgan fingerprint density at radius 2 is 2.14 bits per heavy atom. The van der Waals surface area contributed by atoms with Gasteiger partial charge in [0, 0.05) is 12.2 Å². The van der Waals surface area contributed by atoms with E-state index in [2.05, 4.69) is 10.3 Å². The van der Waals surface area contributed by atoms with Gasteiger partial charge >= 0.3 is 5.95 Å². The highest BCUT2D eigenvalue weighted by Crippen LogP contribution is 2.15. The van der Waals surface area contributed by atoms with Crippen molar-refractivity contribution in [1.82, 2.24) is 9.55 Å². The number of hydrogen-bond donors (Lipinski definition) is 2. The number of anilines is 1. The molecule has 0 aliphatic carbocycles. The lowest BCUT2D eigenvalue weighted by atomic mass is 10.3. The Kier molecular flexibility index (Phi) is 6.61. The van der Waals surface area contributed by atoms with Crippen LogP contribution in [0.4, 0.5) is 11.6 Å². The molecule has 0 amide bonds. The minimum atomic E-state index is -0.778. The van der Waals surface area contributed by atoms with E-state index in [9.17, 15) is 15.2 Å². The van der Waals surface area contributed by atoms with Crippen LogP contribution in [0.25, 0.3) is 0 Å². The van der Waals surface area contributed by atoms with Crippen LogP contribution in [0.5, 0.6) is 5.75 Å². The van der Waals surface area contributed by atoms with Gasteiger partial charge < -0.3 is 25.3 Å². The second-order valence-corrected chi connectivity index (χ2v) is 4.40. The van der Waals surface area contributed by atoms with Crippen LogP contribution in [0, 0.1) is 10.1 Å². The first kappa shape index (κ1) is 17.7. The fourth-order valence-electron chi connectivity index (χ4n) is 1.85. The highest BCUT2D eigenvalue weighted by molar-refractivity contribution is 5.85. The van der Waals surface area contributed by atoms with Crippen LogP contribution in [0.15, 0.2) is 36.7 Å². The molecule has 1 aromatic heterocycles. The minimum absolute atomic E-state index is 0. The van der Waals surface area contributed by atoms with E-state index in [0.29, 0.717) is 0 Å². The molecule has 0 bridgehead atoms. The molecule has 8 nitrogen and oxygen atoms in total. The van der Waals surface area contributed by atoms with Gasteiger partial charge in [0.15, 0.2) is 0 Å². The third-order valence-electron chi connectivity index (χ3n) is 2.90. The number of nitro groups is 1. The number of aliphatic hydroxyl groups is 1. The predicted molar refractivity (Wildman–Crippen MR) is 83.6 cm³/mol. The van der Waals surface area contributed by atoms with Crippen molar-refractivity contribution < 1.29 is 14.8 Å². The second kappa shape index (κ2) is 8.20. The minimum Gasteiger partial charge on any atom is -0.497 e. The molecule has 0 aliphatic rings. The van der Waals surface area contributed by atoms with E-state index in [1.165, 1.54) is 17.0 Å². The Balaban J connectivity index is 0.00000242. The third-order valence-corrected chi connectivity index (χ3v) is 2.90. The summed E-state index contributed by atoms with van der Waals surface area (Å²) in [7, 11) is 1.59. The van der Waals surface area contributed by atoms with Crippen molar-refractivity contribution in [2.45, 2.75) is 12.6 Å². The first-order valence-corrected chi connectivity index (χ1v) is 6.31. The monoisotopic (exact) mass is 328 g/mol. The molecule has 9 heteroatoms. The molecule has 0 saturated heterocycles. The van der Waals surface area contributed by atoms with Gasteiger partial charge in [-0.1, -0.05) is 4.98 Å². The van der Waals surface area contributed by atoms with Crippen molar-refractivity contribution >= 4 is 24.0 Å². The van der Waals surface area contributed by atoms with E-state index in [4.69, 9.17) is 4.74 Å². The molecule has 1 atom stereocenters. The van der Waals surface area contributed by atoms with Gasteiger partial charge in [0.2, 0.25) is 0 Å². The van der Waals surface area contributed by atoms with E-state index in [-0.39, 0.29) is 31.4 Å². The van der Waals surface area contributed by atoms with Crippen LogP contribution in [0.2, 0.25) is 0 Å². The predicted octanol–water partition coefficient (Wildman–Crippen LogP) is 1.69. The summed E-state index contributed by atoms with van der Waals surface area (Å²) >= 11 is 0. The molecule has 120 valence electrons. The van der Waals surface area contributed by atoms with Crippen molar-refractivity contribution in [3.63, 3.8) is 0 Å². The lowest BCUT2D eigenvalue weighted by Crippen LogP contribution is -2.25. The zero-order chi connectivity index (χ0) is 15.2. The van der Waals surface area contributed by atoms with Crippen LogP contribution < -0.4 is 10.1 Å². The molecule has 0 spiro atoms. The van der Waals surface area contributed by atoms with Crippen LogP contribution >= 0.6 is 12.4 Å². The SMILES string of the molecule is COc1ccc(NCC(O)Cn2ccnc2[N+](=O)[O-])cc1.Cl. The summed E-state index contributed by atoms with van der Waals surface area (Å²) in [6.07, 6.45) is 2.02. The molecule has 1 unspecified atom stereocenters. The maximum atomic E-state index is 10.7. The summed E-state index contributed by atoms with van der Waals surface area (Å²) in [6, 6.07) is 7.25. The molecule has 0 saturated carbocycles. The van der Waals surface area contributed by atoms with Crippen LogP contribution in [-0.4, -0.2) is 39.3 Å². The van der Waals surface area contributed by atoms with Crippen molar-refractivity contribution in [2.75, 3.05) is 19.0 Å². The quantitative estimate of drug-likeness (QED) is 0.592. The highest BCUT2D eigenvalue weighted by Gasteiger charge is 2.17. The van der Waals surface area contributed by atoms with E-state index in [0.717, 1.165) is 11.4 Å². The van der Waals surface area contributed by atoms with Gasteiger partial charge in [-0.2, -0.15) is 0 Å². The number of benzene rings is 1. The molecule has 1 aromatic carbocycles. The van der Waals surface area contributed by atoms with Crippen LogP contribution in [0.3, 0.4) is 0 Å². The van der Waals surface area contributed by atoms with Gasteiger partial charge in [-0.05, 0) is 29.2 Å². The van der Waals surface area contributed by atoms with E-state index in [1.807, 2.05) is 12.1 Å². The number of aromatic nitrogens is 2. The fourth-order valence-corrected chi connectivity index (χ4v) is 1.85. The van der Waals surface area contributed by atoms with Crippen molar-refractivity contribution in [3.05, 3.63) is 46.8 Å². The normalized spacial score (nSPS) is 11.4. The standard InChI is InChI=1S/C13H16N4O4.ClH/c1-21-12-4-2-10(3-5-12)15-8-11(18)9-16-7-6-14-13(16)17(19)20;/h2-7,11,15,18H,8-9H2,1H3;1H. The van der Waals surface area contributed by atoms with Gasteiger partial charge in [-0.25, -0.2) is 4.57 Å². The van der Waals surface area contributed by atoms with Gasteiger partial charge in [-0.15, -0.1) is 12.4 Å². The van der Waals surface area contributed by atoms with Crippen molar-refractivity contribution in [3.8, 4) is 5.75 Å². The topological polar surface area (TPSA) is 102 Å². The molecular weight excluding hydrogens is 312 g/mol. The Morgan fingerprint density at radius 1 is 1.45 bits per heavy atom. The van der Waals surface area contributed by atoms with Crippen molar-refractivity contribution in [2.24, 2.45) is 0 Å². The summed E-state index contributed by atoms with van der Waals surface area (Å²) < 4.78 is 6.36. The van der Waals surface area contributed by atoms with Crippen molar-refractivity contribution in [1.29, 1.82) is 0 Å². The molecule has 0 radical (unpaired) electrons. The molecule has 22 heavy (non-hydrogen) atoms. The Hall–Kier alpha value is -2.32. The fraction of sp³-hybridized carbons (Fsp3) is 0.308. The lowest BCUT2D eigenvalue weighted by Gasteiger charge is -2.12. The maximum Gasteiger partial charge on any atom is 0.434 e. The summed E-state index contributed by atoms with van der Waals surface area (Å²) in [5.74, 6) is 0.466. The summed E-state index contributed by atoms with van der Waals surface area (Å²) in [5.41, 5.74) is 0.829. The number of hydrogen-bond acceptors (Lipinski definition) is 6. The van der Waals surface area contributed by atoms with E-state index in [1.54, 1.807) is 19.2 Å². The number of methoxy groups -OCH3 is 1. The van der Waals surface area contributed by atoms with Gasteiger partial charge in [0.25, 0.3) is 0 Å². The summed E-state index contributed by atoms with van der Waals surface area (Å²) in [6.45, 7) is 0.362. The lowest BCUT2D eigenvalue weighted by molar-refractivity contribution is -0.397. The number of ether oxygens (including phenoxy) is 1. The van der Waals surface area contributed by atoms with Crippen LogP contribution in [-0.2, 0) is 6.54 Å². The molecular formula is C13H17ClN4O4. The molecule has 0 fully saturated rings. The maximum absolute atomic E-state index is 10.7. The molecule has 2 aromatic rings. The zero-order valence-electron chi connectivity index (χ0n) is 11.9. The van der Waals surface area contributed by atoms with Gasteiger partial charge in [0.1, 0.15) is 24.2 Å². The molecule has 0 aliphatic heterocycles. The summed E-state index contributed by atoms with van der Waals surface area (Å²) in [4.78, 5) is 13.8. The van der Waals surface area contributed by atoms with E-state index >= 15 is 0 Å². The average Bonchev–Trinajstić information content (AvgIpc) is 2.94. The summed E-state index contributed by atoms with van der Waals surface area (Å²) in [5, 5.41) is 23.7. The number of rotatable bonds is 7. The molecule has 2 N–H and O–H groups in total. The molecule has 1 heterocycles. The first-order valence-electron chi connectivity index (χ1n) is 6.31. The number of nitrogens with one attached hydrogen (secondary N) is 1. The highest BCUT2D eigenvalue weighted by atomic mass is 35.5. The number of nitrogens with zero attached hydrogens (tertiary/aromatic N) is 3. The largest absolute Gasteiger partial charge is 0.497 e. The molecule has 2 rings (SSSR count). The zero-order valence-corrected chi connectivity index (χ0v) is 12.7. The average molecular weight is 329 g/mol. The smallest absolute Gasteiger partial charge is 0.434 e. The number of aliphatic hydroxyl groups excluding tert-OH is 1.